The second-order valence-electron chi connectivity index (χ2n) is 17.7. The number of aromatic amines is 2. The van der Waals surface area contributed by atoms with Gasteiger partial charge in [0.25, 0.3) is 5.19 Å². The third-order valence-electron chi connectivity index (χ3n) is 12.8. The maximum atomic E-state index is 16.8. The van der Waals surface area contributed by atoms with Crippen molar-refractivity contribution < 1.29 is 42.5 Å². The number of nitrogens with one attached hydrogen (secondary N) is 4. The van der Waals surface area contributed by atoms with E-state index in [-0.39, 0.29) is 41.3 Å². The summed E-state index contributed by atoms with van der Waals surface area (Å²) in [4.78, 5) is 76.7. The molecule has 7 heterocycles. The first-order valence-electron chi connectivity index (χ1n) is 22.3. The average Bonchev–Trinajstić information content (AvgIpc) is 4.18. The lowest BCUT2D eigenvalue weighted by molar-refractivity contribution is -0.136. The quantitative estimate of drug-likeness (QED) is 0.0933. The predicted molar refractivity (Wildman–Crippen MR) is 246 cm³/mol. The van der Waals surface area contributed by atoms with Gasteiger partial charge in [0.15, 0.2) is 0 Å². The zero-order valence-corrected chi connectivity index (χ0v) is 39.0. The first kappa shape index (κ1) is 45.2. The van der Waals surface area contributed by atoms with Crippen molar-refractivity contribution in [3.63, 3.8) is 0 Å². The van der Waals surface area contributed by atoms with Crippen LogP contribution in [-0.4, -0.2) is 110 Å². The molecule has 18 nitrogen and oxygen atoms in total. The molecule has 6 aromatic rings. The fourth-order valence-corrected chi connectivity index (χ4v) is 10.2. The lowest BCUT2D eigenvalue weighted by Crippen LogP contribution is -2.51. The molecule has 4 aromatic heterocycles. The average molecular weight is 937 g/mol. The van der Waals surface area contributed by atoms with Gasteiger partial charge in [-0.1, -0.05) is 45.1 Å². The van der Waals surface area contributed by atoms with Crippen LogP contribution in [0.4, 0.5) is 14.0 Å². The van der Waals surface area contributed by atoms with Crippen LogP contribution in [-0.2, 0) is 19.1 Å². The Bertz CT molecular complexity index is 2850. The molecule has 0 saturated carbocycles. The number of imidazole rings is 2. The van der Waals surface area contributed by atoms with Crippen LogP contribution in [0.5, 0.6) is 10.9 Å². The smallest absolute Gasteiger partial charge is 0.407 e. The Labute approximate surface area is 389 Å². The molecule has 20 heteroatoms. The van der Waals surface area contributed by atoms with Crippen LogP contribution in [0.25, 0.3) is 44.7 Å². The molecule has 4 N–H and O–H groups in total. The molecule has 3 aliphatic heterocycles. The minimum atomic E-state index is -0.782. The topological polar surface area (TPSA) is 211 Å². The van der Waals surface area contributed by atoms with E-state index in [0.717, 1.165) is 39.9 Å². The Balaban J connectivity index is 1.03. The molecule has 9 rings (SSSR count). The number of hydrogen-bond donors (Lipinski definition) is 4. The van der Waals surface area contributed by atoms with Crippen molar-refractivity contribution in [2.24, 2.45) is 11.8 Å². The van der Waals surface area contributed by atoms with E-state index in [1.165, 1.54) is 31.6 Å². The molecular weight excluding hydrogens is 884 g/mol. The third-order valence-corrected chi connectivity index (χ3v) is 13.8. The van der Waals surface area contributed by atoms with E-state index >= 15 is 4.39 Å². The van der Waals surface area contributed by atoms with Crippen LogP contribution in [0, 0.1) is 17.7 Å². The number of likely N-dealkylation sites (tertiary alicyclic amines) is 2. The van der Waals surface area contributed by atoms with Crippen LogP contribution in [0.2, 0.25) is 0 Å². The molecule has 2 aromatic carbocycles. The maximum Gasteiger partial charge on any atom is 0.407 e. The molecule has 67 heavy (non-hydrogen) atoms. The van der Waals surface area contributed by atoms with Crippen LogP contribution in [0.1, 0.15) is 88.2 Å². The first-order valence-corrected chi connectivity index (χ1v) is 23.2. The van der Waals surface area contributed by atoms with Gasteiger partial charge in [0.2, 0.25) is 18.0 Å². The Hall–Kier alpha value is -6.96. The van der Waals surface area contributed by atoms with Gasteiger partial charge < -0.3 is 49.3 Å². The molecule has 5 atom stereocenters. The van der Waals surface area contributed by atoms with E-state index in [9.17, 15) is 19.2 Å². The molecule has 3 aliphatic rings. The van der Waals surface area contributed by atoms with Crippen molar-refractivity contribution in [3.8, 4) is 44.7 Å². The zero-order valence-electron chi connectivity index (χ0n) is 38.2. The number of halogens is 1. The predicted octanol–water partition coefficient (Wildman–Crippen LogP) is 7.72. The summed E-state index contributed by atoms with van der Waals surface area (Å²) in [5.74, 6) is 0.244. The SMILES string of the molecule is COC(=O)NC(C(=O)N1CCC[C@H]1c1ncc(-c2cc(F)c3c(c2)OC(c2cnc(OC)s2)n2c-3cc3cc(-c4cnc([C@@H]5CCCN5C(=O)C(NC(=O)OC)C(C)C)[nH]4)ccc32)[nH]1)C(C)C. The van der Waals surface area contributed by atoms with Gasteiger partial charge in [-0.2, -0.15) is 0 Å². The Morgan fingerprint density at radius 3 is 1.90 bits per heavy atom. The number of carbonyl (C=O) groups is 4. The Morgan fingerprint density at radius 1 is 0.776 bits per heavy atom. The molecular formula is C47H53FN10O8S. The van der Waals surface area contributed by atoms with Gasteiger partial charge in [-0.3, -0.25) is 14.2 Å². The summed E-state index contributed by atoms with van der Waals surface area (Å²) < 4.78 is 40.6. The van der Waals surface area contributed by atoms with Gasteiger partial charge in [-0.25, -0.2) is 28.9 Å². The number of aromatic nitrogens is 6. The normalized spacial score (nSPS) is 18.7. The lowest BCUT2D eigenvalue weighted by atomic mass is 10.0. The summed E-state index contributed by atoms with van der Waals surface area (Å²) >= 11 is 1.33. The van der Waals surface area contributed by atoms with E-state index < -0.39 is 36.3 Å². The largest absolute Gasteiger partial charge is 0.473 e. The number of ether oxygens (including phenoxy) is 4. The number of thiazole rings is 1. The van der Waals surface area contributed by atoms with Crippen molar-refractivity contribution in [1.82, 2.24) is 49.9 Å². The molecule has 3 unspecified atom stereocenters. The van der Waals surface area contributed by atoms with E-state index in [2.05, 4.69) is 30.6 Å². The molecule has 0 bridgehead atoms. The van der Waals surface area contributed by atoms with Crippen molar-refractivity contribution in [2.45, 2.75) is 83.8 Å². The van der Waals surface area contributed by atoms with Crippen LogP contribution in [0.3, 0.4) is 0 Å². The lowest BCUT2D eigenvalue weighted by Gasteiger charge is -2.30. The summed E-state index contributed by atoms with van der Waals surface area (Å²) in [7, 11) is 4.08. The van der Waals surface area contributed by atoms with Gasteiger partial charge in [0.05, 0.1) is 85.0 Å². The molecule has 352 valence electrons. The minimum absolute atomic E-state index is 0.160. The maximum absolute atomic E-state index is 16.8. The van der Waals surface area contributed by atoms with Crippen molar-refractivity contribution in [1.29, 1.82) is 0 Å². The number of alkyl carbamates (subject to hydrolysis) is 2. The Morgan fingerprint density at radius 2 is 1.36 bits per heavy atom. The zero-order chi connectivity index (χ0) is 47.3. The number of nitrogens with zero attached hydrogens (tertiary/aromatic N) is 6. The van der Waals surface area contributed by atoms with E-state index in [4.69, 9.17) is 23.9 Å². The van der Waals surface area contributed by atoms with Crippen molar-refractivity contribution in [3.05, 3.63) is 77.3 Å². The Kier molecular flexibility index (Phi) is 12.4. The fraction of sp³-hybridized carbons (Fsp3) is 0.426. The number of carbonyl (C=O) groups excluding carboxylic acids is 4. The summed E-state index contributed by atoms with van der Waals surface area (Å²) in [5.41, 5.74) is 4.31. The molecule has 0 radical (unpaired) electrons. The molecule has 0 aliphatic carbocycles. The van der Waals surface area contributed by atoms with Crippen molar-refractivity contribution >= 4 is 46.2 Å². The minimum Gasteiger partial charge on any atom is -0.473 e. The highest BCUT2D eigenvalue weighted by Crippen LogP contribution is 2.48. The molecule has 0 spiro atoms. The number of rotatable bonds is 12. The summed E-state index contributed by atoms with van der Waals surface area (Å²) in [6.45, 7) is 8.51. The second-order valence-corrected chi connectivity index (χ2v) is 18.7. The first-order chi connectivity index (χ1) is 32.3. The molecule has 2 saturated heterocycles. The van der Waals surface area contributed by atoms with Gasteiger partial charge in [0, 0.05) is 29.6 Å². The van der Waals surface area contributed by atoms with E-state index in [0.29, 0.717) is 65.5 Å². The monoisotopic (exact) mass is 936 g/mol. The van der Waals surface area contributed by atoms with Crippen LogP contribution in [0.15, 0.2) is 55.0 Å². The number of hydrogen-bond acceptors (Lipinski definition) is 12. The van der Waals surface area contributed by atoms with Gasteiger partial charge in [-0.05, 0) is 67.9 Å². The second kappa shape index (κ2) is 18.4. The molecule has 4 amide bonds. The summed E-state index contributed by atoms with van der Waals surface area (Å²) in [6, 6.07) is 8.92. The van der Waals surface area contributed by atoms with Gasteiger partial charge in [-0.15, -0.1) is 0 Å². The highest BCUT2D eigenvalue weighted by atomic mass is 32.1. The van der Waals surface area contributed by atoms with Crippen LogP contribution >= 0.6 is 11.3 Å². The van der Waals surface area contributed by atoms with E-state index in [1.807, 2.05) is 56.5 Å². The highest BCUT2D eigenvalue weighted by Gasteiger charge is 2.40. The number of H-pyrrole nitrogens is 2. The summed E-state index contributed by atoms with van der Waals surface area (Å²) in [6.07, 6.45) is 5.92. The van der Waals surface area contributed by atoms with Crippen molar-refractivity contribution in [2.75, 3.05) is 34.4 Å². The number of benzene rings is 2. The highest BCUT2D eigenvalue weighted by molar-refractivity contribution is 7.13. The third kappa shape index (κ3) is 8.42. The standard InChI is InChI=1S/C47H53FN10O8S/c1-23(2)38(54-45(61)63-5)42(59)56-14-8-10-32(56)40-49-20-29(52-40)25-12-13-31-27(16-25)18-34-37-28(48)17-26(19-35(37)66-44(58(31)34)36-22-51-47(65-7)67-36)30-21-50-41(53-30)33-11-9-15-57(33)43(60)39(24(3)4)55-46(62)64-6/h12-13,16-24,32-33,38-39,44H,8-11,14-15H2,1-7H3,(H,49,52)(H,50,53)(H,54,61)(H,55,62)/t32-,33-,38?,39?,44?/m0/s1. The number of fused-ring (bicyclic) bond motifs is 5. The summed E-state index contributed by atoms with van der Waals surface area (Å²) in [5, 5.41) is 6.64. The molecule has 2 fully saturated rings. The van der Waals surface area contributed by atoms with E-state index in [1.54, 1.807) is 41.6 Å². The fourth-order valence-electron chi connectivity index (χ4n) is 9.46. The van der Waals surface area contributed by atoms with Crippen LogP contribution < -0.4 is 20.1 Å². The van der Waals surface area contributed by atoms with Gasteiger partial charge >= 0.3 is 12.2 Å². The van der Waals surface area contributed by atoms with Gasteiger partial charge in [0.1, 0.15) is 35.3 Å². The number of methoxy groups -OCH3 is 3. The number of amides is 4.